The molecule has 102 valence electrons. The minimum Gasteiger partial charge on any atom is -0.491 e. The summed E-state index contributed by atoms with van der Waals surface area (Å²) in [6.07, 6.45) is 0. The highest BCUT2D eigenvalue weighted by atomic mass is 19.1. The molecular formula is C13H17FN4O. The van der Waals surface area contributed by atoms with Crippen molar-refractivity contribution >= 4 is 17.2 Å². The molecule has 0 unspecified atom stereocenters. The predicted octanol–water partition coefficient (Wildman–Crippen LogP) is 2.59. The van der Waals surface area contributed by atoms with E-state index in [-0.39, 0.29) is 5.75 Å². The third-order valence-electron chi connectivity index (χ3n) is 2.76. The first-order valence-electron chi connectivity index (χ1n) is 6.01. The lowest BCUT2D eigenvalue weighted by Gasteiger charge is -2.10. The van der Waals surface area contributed by atoms with Crippen molar-refractivity contribution in [2.24, 2.45) is 7.05 Å². The van der Waals surface area contributed by atoms with Gasteiger partial charge in [-0.15, -0.1) is 0 Å². The van der Waals surface area contributed by atoms with Crippen molar-refractivity contribution in [1.29, 1.82) is 0 Å². The summed E-state index contributed by atoms with van der Waals surface area (Å²) >= 11 is 0. The van der Waals surface area contributed by atoms with Crippen molar-refractivity contribution < 1.29 is 9.13 Å². The molecule has 2 rings (SSSR count). The van der Waals surface area contributed by atoms with E-state index in [4.69, 9.17) is 10.5 Å². The third-order valence-corrected chi connectivity index (χ3v) is 2.76. The largest absolute Gasteiger partial charge is 0.491 e. The lowest BCUT2D eigenvalue weighted by Crippen LogP contribution is -2.02. The number of nitrogens with zero attached hydrogens (tertiary/aromatic N) is 2. The van der Waals surface area contributed by atoms with Gasteiger partial charge in [-0.25, -0.2) is 4.39 Å². The third kappa shape index (κ3) is 2.62. The van der Waals surface area contributed by atoms with Gasteiger partial charge in [0.2, 0.25) is 0 Å². The molecule has 0 atom stereocenters. The molecule has 0 saturated heterocycles. The number of benzene rings is 1. The molecule has 0 aliphatic heterocycles. The van der Waals surface area contributed by atoms with Crippen LogP contribution in [0.1, 0.15) is 12.6 Å². The van der Waals surface area contributed by atoms with E-state index in [0.717, 1.165) is 5.69 Å². The first-order chi connectivity index (χ1) is 9.02. The van der Waals surface area contributed by atoms with Crippen LogP contribution >= 0.6 is 0 Å². The quantitative estimate of drug-likeness (QED) is 0.890. The number of nitrogen functional groups attached to an aromatic ring is 1. The minimum absolute atomic E-state index is 0.238. The molecule has 2 aromatic rings. The van der Waals surface area contributed by atoms with Crippen LogP contribution in [-0.4, -0.2) is 16.4 Å². The van der Waals surface area contributed by atoms with Gasteiger partial charge < -0.3 is 15.8 Å². The number of hydrogen-bond donors (Lipinski definition) is 2. The summed E-state index contributed by atoms with van der Waals surface area (Å²) in [5.41, 5.74) is 7.78. The molecular weight excluding hydrogens is 247 g/mol. The van der Waals surface area contributed by atoms with E-state index in [2.05, 4.69) is 10.4 Å². The molecule has 3 N–H and O–H groups in total. The highest BCUT2D eigenvalue weighted by molar-refractivity contribution is 5.71. The number of hydrogen-bond acceptors (Lipinski definition) is 4. The number of aromatic nitrogens is 2. The van der Waals surface area contributed by atoms with Gasteiger partial charge in [-0.3, -0.25) is 4.68 Å². The molecule has 19 heavy (non-hydrogen) atoms. The van der Waals surface area contributed by atoms with Crippen molar-refractivity contribution in [2.75, 3.05) is 17.7 Å². The molecule has 1 heterocycles. The van der Waals surface area contributed by atoms with Gasteiger partial charge in [0.25, 0.3) is 0 Å². The molecule has 1 aromatic carbocycles. The maximum Gasteiger partial charge on any atom is 0.167 e. The summed E-state index contributed by atoms with van der Waals surface area (Å²) in [5, 5.41) is 7.24. The number of rotatable bonds is 4. The first-order valence-corrected chi connectivity index (χ1v) is 6.01. The average molecular weight is 264 g/mol. The van der Waals surface area contributed by atoms with Gasteiger partial charge in [-0.05, 0) is 26.0 Å². The minimum atomic E-state index is -0.413. The Bertz CT molecular complexity index is 595. The molecule has 1 aromatic heterocycles. The Hall–Kier alpha value is -2.24. The predicted molar refractivity (Wildman–Crippen MR) is 73.2 cm³/mol. The zero-order valence-electron chi connectivity index (χ0n) is 11.2. The molecule has 0 spiro atoms. The summed E-state index contributed by atoms with van der Waals surface area (Å²) in [6, 6.07) is 4.68. The molecule has 6 heteroatoms. The fourth-order valence-electron chi connectivity index (χ4n) is 1.81. The summed E-state index contributed by atoms with van der Waals surface area (Å²) in [7, 11) is 1.77. The summed E-state index contributed by atoms with van der Waals surface area (Å²) in [4.78, 5) is 0. The van der Waals surface area contributed by atoms with Crippen LogP contribution in [0.25, 0.3) is 0 Å². The fraction of sp³-hybridized carbons (Fsp3) is 0.308. The number of aryl methyl sites for hydroxylation is 2. The Morgan fingerprint density at radius 2 is 2.21 bits per heavy atom. The smallest absolute Gasteiger partial charge is 0.167 e. The zero-order valence-corrected chi connectivity index (χ0v) is 11.2. The maximum absolute atomic E-state index is 13.7. The highest BCUT2D eigenvalue weighted by Crippen LogP contribution is 2.27. The zero-order chi connectivity index (χ0) is 14.0. The van der Waals surface area contributed by atoms with Crippen molar-refractivity contribution in [3.8, 4) is 5.75 Å². The molecule has 0 aliphatic rings. The van der Waals surface area contributed by atoms with Crippen LogP contribution in [0, 0.1) is 12.7 Å². The number of ether oxygens (including phenoxy) is 1. The Balaban J connectivity index is 2.26. The van der Waals surface area contributed by atoms with Gasteiger partial charge in [-0.2, -0.15) is 5.10 Å². The van der Waals surface area contributed by atoms with Crippen molar-refractivity contribution in [3.05, 3.63) is 29.7 Å². The standard InChI is InChI=1S/C13H17FN4O/c1-4-19-11-6-5-9(7-10(11)14)16-13-12(15)8(2)17-18(13)3/h5-7,16H,4,15H2,1-3H3. The van der Waals surface area contributed by atoms with E-state index >= 15 is 0 Å². The average Bonchev–Trinajstić information content (AvgIpc) is 2.60. The van der Waals surface area contributed by atoms with E-state index < -0.39 is 5.82 Å². The molecule has 0 aliphatic carbocycles. The molecule has 0 saturated carbocycles. The summed E-state index contributed by atoms with van der Waals surface area (Å²) in [6.45, 7) is 4.06. The van der Waals surface area contributed by atoms with Crippen molar-refractivity contribution in [3.63, 3.8) is 0 Å². The van der Waals surface area contributed by atoms with Crippen molar-refractivity contribution in [2.45, 2.75) is 13.8 Å². The van der Waals surface area contributed by atoms with E-state index in [1.165, 1.54) is 6.07 Å². The van der Waals surface area contributed by atoms with Gasteiger partial charge in [-0.1, -0.05) is 0 Å². The van der Waals surface area contributed by atoms with Gasteiger partial charge in [0.1, 0.15) is 0 Å². The van der Waals surface area contributed by atoms with E-state index in [9.17, 15) is 4.39 Å². The molecule has 5 nitrogen and oxygen atoms in total. The number of nitrogens with one attached hydrogen (secondary N) is 1. The van der Waals surface area contributed by atoms with Crippen LogP contribution in [0.5, 0.6) is 5.75 Å². The van der Waals surface area contributed by atoms with E-state index in [0.29, 0.717) is 23.8 Å². The second-order valence-electron chi connectivity index (χ2n) is 4.17. The van der Waals surface area contributed by atoms with Crippen LogP contribution in [0.4, 0.5) is 21.6 Å². The Labute approximate surface area is 111 Å². The number of halogens is 1. The summed E-state index contributed by atoms with van der Waals surface area (Å²) < 4.78 is 20.5. The fourth-order valence-corrected chi connectivity index (χ4v) is 1.81. The number of nitrogens with two attached hydrogens (primary N) is 1. The molecule has 0 amide bonds. The lowest BCUT2D eigenvalue weighted by atomic mass is 10.2. The van der Waals surface area contributed by atoms with Crippen LogP contribution in [0.3, 0.4) is 0 Å². The van der Waals surface area contributed by atoms with E-state index in [1.807, 2.05) is 13.8 Å². The van der Waals surface area contributed by atoms with Gasteiger partial charge in [0.05, 0.1) is 18.0 Å². The van der Waals surface area contributed by atoms with E-state index in [1.54, 1.807) is 23.9 Å². The molecule has 0 bridgehead atoms. The van der Waals surface area contributed by atoms with Crippen LogP contribution < -0.4 is 15.8 Å². The Morgan fingerprint density at radius 3 is 2.74 bits per heavy atom. The first kappa shape index (κ1) is 13.2. The second kappa shape index (κ2) is 5.17. The normalized spacial score (nSPS) is 10.5. The van der Waals surface area contributed by atoms with Crippen LogP contribution in [0.2, 0.25) is 0 Å². The SMILES string of the molecule is CCOc1ccc(Nc2c(N)c(C)nn2C)cc1F. The van der Waals surface area contributed by atoms with Gasteiger partial charge >= 0.3 is 0 Å². The van der Waals surface area contributed by atoms with Crippen LogP contribution in [0.15, 0.2) is 18.2 Å². The lowest BCUT2D eigenvalue weighted by molar-refractivity contribution is 0.321. The molecule has 0 fully saturated rings. The topological polar surface area (TPSA) is 65.1 Å². The van der Waals surface area contributed by atoms with Crippen molar-refractivity contribution in [1.82, 2.24) is 9.78 Å². The monoisotopic (exact) mass is 264 g/mol. The highest BCUT2D eigenvalue weighted by Gasteiger charge is 2.11. The van der Waals surface area contributed by atoms with Gasteiger partial charge in [0, 0.05) is 18.8 Å². The van der Waals surface area contributed by atoms with Crippen LogP contribution in [-0.2, 0) is 7.05 Å². The summed E-state index contributed by atoms with van der Waals surface area (Å²) in [5.74, 6) is 0.465. The van der Waals surface area contributed by atoms with Gasteiger partial charge in [0.15, 0.2) is 17.4 Å². The Kier molecular flexibility index (Phi) is 3.59. The number of anilines is 3. The molecule has 0 radical (unpaired) electrons. The maximum atomic E-state index is 13.7. The Morgan fingerprint density at radius 1 is 1.47 bits per heavy atom. The second-order valence-corrected chi connectivity index (χ2v) is 4.17.